The standard InChI is InChI=1S/C36H44N4O3/c1-2-3-4-5-9-16-35(41)38-29-20-17-27(18-21-29)33-24-37-30-22-19-28(23-32(30)39-33)36(42)40-31-14-10-11-15-34(31)43-25-26-12-7-6-8-13-26/h6-8,12-13,17-23,31,34,37H,2-5,9-11,14-16,24-25H2,1H3,(H,38,41)(H,40,42). The molecule has 1 aliphatic heterocycles. The molecule has 7 heteroatoms. The van der Waals surface area contributed by atoms with Gasteiger partial charge in [-0.25, -0.2) is 4.99 Å². The number of benzene rings is 3. The van der Waals surface area contributed by atoms with Crippen LogP contribution in [0.5, 0.6) is 0 Å². The number of hydrogen-bond acceptors (Lipinski definition) is 5. The first kappa shape index (κ1) is 30.5. The average Bonchev–Trinajstić information content (AvgIpc) is 3.04. The van der Waals surface area contributed by atoms with E-state index in [4.69, 9.17) is 9.73 Å². The second-order valence-corrected chi connectivity index (χ2v) is 11.6. The van der Waals surface area contributed by atoms with Crippen LogP contribution in [0.2, 0.25) is 0 Å². The van der Waals surface area contributed by atoms with Crippen molar-refractivity contribution in [1.29, 1.82) is 0 Å². The maximum atomic E-state index is 13.3. The Labute approximate surface area is 255 Å². The van der Waals surface area contributed by atoms with Crippen LogP contribution < -0.4 is 16.0 Å². The third-order valence-electron chi connectivity index (χ3n) is 8.30. The van der Waals surface area contributed by atoms with Crippen molar-refractivity contribution in [2.45, 2.75) is 89.9 Å². The van der Waals surface area contributed by atoms with Crippen LogP contribution in [0.1, 0.15) is 92.6 Å². The van der Waals surface area contributed by atoms with Gasteiger partial charge in [-0.3, -0.25) is 9.59 Å². The molecule has 2 amide bonds. The number of ether oxygens (including phenoxy) is 1. The summed E-state index contributed by atoms with van der Waals surface area (Å²) in [6.07, 6.45) is 10.3. The van der Waals surface area contributed by atoms with Gasteiger partial charge in [-0.05, 0) is 60.7 Å². The lowest BCUT2D eigenvalue weighted by Crippen LogP contribution is -2.46. The minimum Gasteiger partial charge on any atom is -0.378 e. The van der Waals surface area contributed by atoms with Crippen LogP contribution in [-0.2, 0) is 16.1 Å². The van der Waals surface area contributed by atoms with Crippen molar-refractivity contribution in [3.05, 3.63) is 89.5 Å². The van der Waals surface area contributed by atoms with Crippen molar-refractivity contribution in [1.82, 2.24) is 5.32 Å². The Morgan fingerprint density at radius 2 is 1.72 bits per heavy atom. The first-order valence-corrected chi connectivity index (χ1v) is 15.9. The van der Waals surface area contributed by atoms with Crippen molar-refractivity contribution >= 4 is 34.6 Å². The molecule has 7 nitrogen and oxygen atoms in total. The fraction of sp³-hybridized carbons (Fsp3) is 0.417. The van der Waals surface area contributed by atoms with Gasteiger partial charge >= 0.3 is 0 Å². The van der Waals surface area contributed by atoms with Gasteiger partial charge in [0.05, 0.1) is 42.4 Å². The van der Waals surface area contributed by atoms with E-state index in [1.165, 1.54) is 19.3 Å². The van der Waals surface area contributed by atoms with E-state index in [0.29, 0.717) is 25.1 Å². The average molecular weight is 581 g/mol. The van der Waals surface area contributed by atoms with Gasteiger partial charge in [-0.2, -0.15) is 0 Å². The molecular weight excluding hydrogens is 536 g/mol. The van der Waals surface area contributed by atoms with Crippen LogP contribution in [0.3, 0.4) is 0 Å². The Kier molecular flexibility index (Phi) is 11.0. The first-order chi connectivity index (χ1) is 21.1. The maximum absolute atomic E-state index is 13.3. The number of aliphatic imine (C=N–C) groups is 1. The topological polar surface area (TPSA) is 91.8 Å². The molecule has 3 aromatic rings. The molecule has 0 radical (unpaired) electrons. The van der Waals surface area contributed by atoms with Crippen LogP contribution in [0.4, 0.5) is 17.1 Å². The summed E-state index contributed by atoms with van der Waals surface area (Å²) >= 11 is 0. The molecule has 1 aliphatic carbocycles. The van der Waals surface area contributed by atoms with E-state index in [0.717, 1.165) is 72.4 Å². The molecule has 1 fully saturated rings. The second kappa shape index (κ2) is 15.5. The highest BCUT2D eigenvalue weighted by molar-refractivity contribution is 6.08. The van der Waals surface area contributed by atoms with Crippen LogP contribution in [0.25, 0.3) is 0 Å². The molecule has 226 valence electrons. The van der Waals surface area contributed by atoms with Gasteiger partial charge in [-0.1, -0.05) is 87.9 Å². The lowest BCUT2D eigenvalue weighted by atomic mass is 9.92. The molecule has 3 N–H and O–H groups in total. The molecule has 1 heterocycles. The maximum Gasteiger partial charge on any atom is 0.251 e. The first-order valence-electron chi connectivity index (χ1n) is 15.9. The van der Waals surface area contributed by atoms with E-state index in [2.05, 4.69) is 35.0 Å². The smallest absolute Gasteiger partial charge is 0.251 e. The van der Waals surface area contributed by atoms with Gasteiger partial charge in [0.1, 0.15) is 0 Å². The summed E-state index contributed by atoms with van der Waals surface area (Å²) in [6, 6.07) is 23.6. The third-order valence-corrected chi connectivity index (χ3v) is 8.30. The summed E-state index contributed by atoms with van der Waals surface area (Å²) in [6.45, 7) is 3.33. The largest absolute Gasteiger partial charge is 0.378 e. The predicted octanol–water partition coefficient (Wildman–Crippen LogP) is 7.79. The minimum atomic E-state index is -0.101. The Hall–Kier alpha value is -3.97. The van der Waals surface area contributed by atoms with Crippen molar-refractivity contribution in [3.8, 4) is 0 Å². The number of unbranched alkanes of at least 4 members (excludes halogenated alkanes) is 4. The van der Waals surface area contributed by atoms with Crippen LogP contribution in [-0.4, -0.2) is 36.2 Å². The number of fused-ring (bicyclic) bond motifs is 1. The zero-order valence-electron chi connectivity index (χ0n) is 25.2. The minimum absolute atomic E-state index is 0.000346. The number of carbonyl (C=O) groups excluding carboxylic acids is 2. The molecule has 2 atom stereocenters. The Morgan fingerprint density at radius 3 is 2.53 bits per heavy atom. The molecule has 2 aliphatic rings. The van der Waals surface area contributed by atoms with Crippen LogP contribution >= 0.6 is 0 Å². The quantitative estimate of drug-likeness (QED) is 0.180. The summed E-state index contributed by atoms with van der Waals surface area (Å²) in [7, 11) is 0. The Balaban J connectivity index is 1.18. The fourth-order valence-electron chi connectivity index (χ4n) is 5.79. The highest BCUT2D eigenvalue weighted by atomic mass is 16.5. The molecule has 0 bridgehead atoms. The van der Waals surface area contributed by atoms with E-state index in [-0.39, 0.29) is 24.0 Å². The second-order valence-electron chi connectivity index (χ2n) is 11.6. The summed E-state index contributed by atoms with van der Waals surface area (Å²) < 4.78 is 6.26. The highest BCUT2D eigenvalue weighted by Gasteiger charge is 2.28. The van der Waals surface area contributed by atoms with Crippen molar-refractivity contribution in [2.75, 3.05) is 17.2 Å². The summed E-state index contributed by atoms with van der Waals surface area (Å²) in [5.74, 6) is -0.0428. The van der Waals surface area contributed by atoms with Crippen molar-refractivity contribution in [3.63, 3.8) is 0 Å². The zero-order valence-corrected chi connectivity index (χ0v) is 25.2. The van der Waals surface area contributed by atoms with E-state index >= 15 is 0 Å². The number of hydrogen-bond donors (Lipinski definition) is 3. The number of anilines is 2. The molecule has 3 aromatic carbocycles. The highest BCUT2D eigenvalue weighted by Crippen LogP contribution is 2.31. The SMILES string of the molecule is CCCCCCCC(=O)Nc1ccc(C2=Nc3cc(C(=O)NC4CCCCC4OCc4ccccc4)ccc3NC2)cc1. The summed E-state index contributed by atoms with van der Waals surface area (Å²) in [4.78, 5) is 30.5. The predicted molar refractivity (Wildman–Crippen MR) is 174 cm³/mol. The monoisotopic (exact) mass is 580 g/mol. The molecule has 0 spiro atoms. The van der Waals surface area contributed by atoms with Crippen LogP contribution in [0.15, 0.2) is 77.8 Å². The van der Waals surface area contributed by atoms with Crippen molar-refractivity contribution in [2.24, 2.45) is 4.99 Å². The Morgan fingerprint density at radius 1 is 0.930 bits per heavy atom. The van der Waals surface area contributed by atoms with E-state index in [1.54, 1.807) is 0 Å². The molecule has 2 unspecified atom stereocenters. The van der Waals surface area contributed by atoms with Crippen molar-refractivity contribution < 1.29 is 14.3 Å². The van der Waals surface area contributed by atoms with E-state index in [9.17, 15) is 9.59 Å². The van der Waals surface area contributed by atoms with Crippen LogP contribution in [0, 0.1) is 0 Å². The number of amides is 2. The molecule has 43 heavy (non-hydrogen) atoms. The number of nitrogens with zero attached hydrogens (tertiary/aromatic N) is 1. The summed E-state index contributed by atoms with van der Waals surface area (Å²) in [5, 5.41) is 9.68. The van der Waals surface area contributed by atoms with Gasteiger partial charge in [0.25, 0.3) is 5.91 Å². The fourth-order valence-corrected chi connectivity index (χ4v) is 5.79. The molecule has 1 saturated carbocycles. The zero-order chi connectivity index (χ0) is 29.9. The normalized spacial score (nSPS) is 17.7. The molecular formula is C36H44N4O3. The summed E-state index contributed by atoms with van der Waals surface area (Å²) in [5.41, 5.74) is 6.04. The van der Waals surface area contributed by atoms with Gasteiger partial charge in [0.15, 0.2) is 0 Å². The number of carbonyl (C=O) groups is 2. The molecule has 5 rings (SSSR count). The molecule has 0 aromatic heterocycles. The Bertz CT molecular complexity index is 1390. The van der Waals surface area contributed by atoms with Gasteiger partial charge < -0.3 is 20.7 Å². The van der Waals surface area contributed by atoms with Gasteiger partial charge in [-0.15, -0.1) is 0 Å². The lowest BCUT2D eigenvalue weighted by Gasteiger charge is -2.32. The van der Waals surface area contributed by atoms with Gasteiger partial charge in [0.2, 0.25) is 5.91 Å². The lowest BCUT2D eigenvalue weighted by molar-refractivity contribution is -0.116. The third kappa shape index (κ3) is 8.77. The number of nitrogens with one attached hydrogen (secondary N) is 3. The van der Waals surface area contributed by atoms with E-state index in [1.807, 2.05) is 60.7 Å². The van der Waals surface area contributed by atoms with Gasteiger partial charge in [0, 0.05) is 17.7 Å². The molecule has 0 saturated heterocycles. The van der Waals surface area contributed by atoms with E-state index < -0.39 is 0 Å². The number of rotatable bonds is 13.